The highest BCUT2D eigenvalue weighted by Crippen LogP contribution is 2.18. The number of benzene rings is 1. The molecule has 0 radical (unpaired) electrons. The second-order valence-corrected chi connectivity index (χ2v) is 6.41. The molecule has 0 bridgehead atoms. The van der Waals surface area contributed by atoms with Gasteiger partial charge in [0.1, 0.15) is 11.4 Å². The summed E-state index contributed by atoms with van der Waals surface area (Å²) in [5.41, 5.74) is 0.769. The molecule has 1 rings (SSSR count). The Balaban J connectivity index is 2.78. The molecule has 0 aromatic heterocycles. The van der Waals surface area contributed by atoms with Crippen molar-refractivity contribution in [1.29, 1.82) is 0 Å². The third-order valence-electron chi connectivity index (χ3n) is 1.78. The van der Waals surface area contributed by atoms with E-state index in [0.717, 1.165) is 11.3 Å². The molecule has 0 fully saturated rings. The van der Waals surface area contributed by atoms with Crippen LogP contribution in [0.4, 0.5) is 0 Å². The minimum absolute atomic E-state index is 0.175. The van der Waals surface area contributed by atoms with E-state index in [1.807, 2.05) is 58.9 Å². The molecule has 17 heavy (non-hydrogen) atoms. The molecule has 0 heterocycles. The summed E-state index contributed by atoms with van der Waals surface area (Å²) in [6.45, 7) is 9.82. The van der Waals surface area contributed by atoms with Gasteiger partial charge >= 0.3 is 0 Å². The number of rotatable bonds is 1. The smallest absolute Gasteiger partial charge is 0.120 e. The van der Waals surface area contributed by atoms with Crippen LogP contribution >= 0.6 is 11.6 Å². The highest BCUT2D eigenvalue weighted by molar-refractivity contribution is 6.25. The van der Waals surface area contributed by atoms with E-state index in [1.54, 1.807) is 0 Å². The first-order valence-electron chi connectivity index (χ1n) is 5.67. The van der Waals surface area contributed by atoms with Crippen LogP contribution in [0.3, 0.4) is 0 Å². The van der Waals surface area contributed by atoms with Crippen LogP contribution in [0.2, 0.25) is 0 Å². The summed E-state index contributed by atoms with van der Waals surface area (Å²) >= 11 is 6.00. The Morgan fingerprint density at radius 1 is 1.00 bits per heavy atom. The molecule has 0 amide bonds. The van der Waals surface area contributed by atoms with E-state index < -0.39 is 4.87 Å². The third kappa shape index (κ3) is 6.24. The number of ether oxygens (including phenoxy) is 1. The molecule has 0 unspecified atom stereocenters. The zero-order valence-electron chi connectivity index (χ0n) is 11.1. The second kappa shape index (κ2) is 5.02. The Hall–Kier alpha value is -1.13. The lowest BCUT2D eigenvalue weighted by molar-refractivity contribution is 0.131. The average molecular weight is 251 g/mol. The molecule has 0 saturated heterocycles. The van der Waals surface area contributed by atoms with Gasteiger partial charge in [-0.1, -0.05) is 11.8 Å². The molecule has 2 heteroatoms. The summed E-state index contributed by atoms with van der Waals surface area (Å²) in [5, 5.41) is 0. The molecule has 0 spiro atoms. The van der Waals surface area contributed by atoms with Crippen LogP contribution in [0, 0.1) is 11.8 Å². The SMILES string of the molecule is CC(C)(Cl)C#Cc1ccc(OC(C)(C)C)cc1. The number of alkyl halides is 1. The van der Waals surface area contributed by atoms with Gasteiger partial charge in [0.25, 0.3) is 0 Å². The maximum Gasteiger partial charge on any atom is 0.120 e. The molecule has 1 aromatic rings. The highest BCUT2D eigenvalue weighted by Gasteiger charge is 2.11. The van der Waals surface area contributed by atoms with E-state index in [-0.39, 0.29) is 5.60 Å². The zero-order valence-corrected chi connectivity index (χ0v) is 11.9. The van der Waals surface area contributed by atoms with Gasteiger partial charge in [0.2, 0.25) is 0 Å². The highest BCUT2D eigenvalue weighted by atomic mass is 35.5. The summed E-state index contributed by atoms with van der Waals surface area (Å²) in [4.78, 5) is -0.486. The molecule has 1 aromatic carbocycles. The van der Waals surface area contributed by atoms with Crippen molar-refractivity contribution in [3.8, 4) is 17.6 Å². The molecule has 0 aliphatic heterocycles. The third-order valence-corrected chi connectivity index (χ3v) is 1.88. The van der Waals surface area contributed by atoms with Crippen LogP contribution in [0.1, 0.15) is 40.2 Å². The monoisotopic (exact) mass is 250 g/mol. The van der Waals surface area contributed by atoms with E-state index in [0.29, 0.717) is 0 Å². The molecule has 0 N–H and O–H groups in total. The maximum absolute atomic E-state index is 6.00. The Kier molecular flexibility index (Phi) is 4.11. The van der Waals surface area contributed by atoms with E-state index in [1.165, 1.54) is 0 Å². The minimum atomic E-state index is -0.486. The molecule has 0 atom stereocenters. The molecular weight excluding hydrogens is 232 g/mol. The van der Waals surface area contributed by atoms with Crippen LogP contribution in [-0.4, -0.2) is 10.5 Å². The minimum Gasteiger partial charge on any atom is -0.488 e. The summed E-state index contributed by atoms with van der Waals surface area (Å²) < 4.78 is 5.73. The van der Waals surface area contributed by atoms with Gasteiger partial charge in [0, 0.05) is 5.56 Å². The Morgan fingerprint density at radius 3 is 1.94 bits per heavy atom. The van der Waals surface area contributed by atoms with E-state index >= 15 is 0 Å². The van der Waals surface area contributed by atoms with Crippen molar-refractivity contribution in [2.45, 2.75) is 45.1 Å². The van der Waals surface area contributed by atoms with Crippen molar-refractivity contribution in [2.24, 2.45) is 0 Å². The first-order valence-corrected chi connectivity index (χ1v) is 6.05. The number of hydrogen-bond acceptors (Lipinski definition) is 1. The quantitative estimate of drug-likeness (QED) is 0.535. The van der Waals surface area contributed by atoms with Gasteiger partial charge in [-0.15, -0.1) is 11.6 Å². The zero-order chi connectivity index (χ0) is 13.1. The second-order valence-electron chi connectivity index (χ2n) is 5.46. The van der Waals surface area contributed by atoms with E-state index in [9.17, 15) is 0 Å². The topological polar surface area (TPSA) is 9.23 Å². The maximum atomic E-state index is 6.00. The summed E-state index contributed by atoms with van der Waals surface area (Å²) in [7, 11) is 0. The van der Waals surface area contributed by atoms with Crippen LogP contribution in [-0.2, 0) is 0 Å². The van der Waals surface area contributed by atoms with Gasteiger partial charge in [0.05, 0.1) is 4.87 Å². The van der Waals surface area contributed by atoms with Gasteiger partial charge in [0.15, 0.2) is 0 Å². The van der Waals surface area contributed by atoms with Gasteiger partial charge in [-0.25, -0.2) is 0 Å². The van der Waals surface area contributed by atoms with Gasteiger partial charge < -0.3 is 4.74 Å². The Labute approximate surface area is 109 Å². The van der Waals surface area contributed by atoms with Gasteiger partial charge in [-0.05, 0) is 58.9 Å². The first-order chi connectivity index (χ1) is 7.66. The van der Waals surface area contributed by atoms with E-state index in [2.05, 4.69) is 11.8 Å². The molecule has 0 saturated carbocycles. The van der Waals surface area contributed by atoms with Crippen molar-refractivity contribution in [2.75, 3.05) is 0 Å². The normalized spacial score (nSPS) is 11.6. The summed E-state index contributed by atoms with van der Waals surface area (Å²) in [5.74, 6) is 6.87. The van der Waals surface area contributed by atoms with E-state index in [4.69, 9.17) is 16.3 Å². The molecule has 0 aliphatic rings. The predicted molar refractivity (Wildman–Crippen MR) is 73.6 cm³/mol. The lowest BCUT2D eigenvalue weighted by Gasteiger charge is -2.21. The van der Waals surface area contributed by atoms with Crippen molar-refractivity contribution < 1.29 is 4.74 Å². The fourth-order valence-corrected chi connectivity index (χ4v) is 1.23. The predicted octanol–water partition coefficient (Wildman–Crippen LogP) is 4.23. The van der Waals surface area contributed by atoms with Crippen molar-refractivity contribution in [1.82, 2.24) is 0 Å². The van der Waals surface area contributed by atoms with Gasteiger partial charge in [-0.2, -0.15) is 0 Å². The molecule has 0 aliphatic carbocycles. The lowest BCUT2D eigenvalue weighted by atomic mass is 10.1. The molecule has 1 nitrogen and oxygen atoms in total. The van der Waals surface area contributed by atoms with Crippen LogP contribution in [0.5, 0.6) is 5.75 Å². The van der Waals surface area contributed by atoms with Gasteiger partial charge in [-0.3, -0.25) is 0 Å². The summed E-state index contributed by atoms with van der Waals surface area (Å²) in [6, 6.07) is 7.74. The fourth-order valence-electron chi connectivity index (χ4n) is 1.18. The van der Waals surface area contributed by atoms with Crippen molar-refractivity contribution in [3.05, 3.63) is 29.8 Å². The first kappa shape index (κ1) is 13.9. The van der Waals surface area contributed by atoms with Crippen LogP contribution in [0.25, 0.3) is 0 Å². The van der Waals surface area contributed by atoms with Crippen LogP contribution in [0.15, 0.2) is 24.3 Å². The Bertz CT molecular complexity index is 421. The molecule has 92 valence electrons. The summed E-state index contributed by atoms with van der Waals surface area (Å²) in [6.07, 6.45) is 0. The molecular formula is C15H19ClO. The standard InChI is InChI=1S/C15H19ClO/c1-14(2,3)17-13-8-6-12(7-9-13)10-11-15(4,5)16/h6-9H,1-5H3. The van der Waals surface area contributed by atoms with Crippen LogP contribution < -0.4 is 4.74 Å². The van der Waals surface area contributed by atoms with Crippen molar-refractivity contribution in [3.63, 3.8) is 0 Å². The van der Waals surface area contributed by atoms with Crippen molar-refractivity contribution >= 4 is 11.6 Å². The number of hydrogen-bond donors (Lipinski definition) is 0. The lowest BCUT2D eigenvalue weighted by Crippen LogP contribution is -2.22. The average Bonchev–Trinajstić information content (AvgIpc) is 2.13. The number of halogens is 1. The fraction of sp³-hybridized carbons (Fsp3) is 0.467. The largest absolute Gasteiger partial charge is 0.488 e. The Morgan fingerprint density at radius 2 is 1.53 bits per heavy atom.